The van der Waals surface area contributed by atoms with Gasteiger partial charge in [-0.25, -0.2) is 0 Å². The molecule has 1 heterocycles. The summed E-state index contributed by atoms with van der Waals surface area (Å²) in [4.78, 5) is 14.4. The Kier molecular flexibility index (Phi) is 5.30. The minimum absolute atomic E-state index is 0.0256. The molecule has 6 nitrogen and oxygen atoms in total. The number of rotatable bonds is 6. The number of aromatic nitrogens is 3. The van der Waals surface area contributed by atoms with Crippen molar-refractivity contribution in [1.29, 1.82) is 0 Å². The second-order valence-corrected chi connectivity index (χ2v) is 4.86. The zero-order valence-corrected chi connectivity index (χ0v) is 12.8. The van der Waals surface area contributed by atoms with E-state index < -0.39 is 0 Å². The Morgan fingerprint density at radius 1 is 1.29 bits per heavy atom. The van der Waals surface area contributed by atoms with Crippen LogP contribution in [0.5, 0.6) is 0 Å². The number of halogens is 1. The van der Waals surface area contributed by atoms with Gasteiger partial charge in [0.15, 0.2) is 0 Å². The molecule has 0 aliphatic rings. The van der Waals surface area contributed by atoms with Gasteiger partial charge in [0.2, 0.25) is 17.2 Å². The molecule has 0 aliphatic heterocycles. The second-order valence-electron chi connectivity index (χ2n) is 4.53. The standard InChI is InChI=1S/C14H18ClN5O/c1-3-20(7-8-21)14-18-12(15)17-13(19-14)16-11-6-4-5-10(2)9-11/h4-6,9,21H,3,7-8H2,1-2H3,(H,16,17,18,19). The van der Waals surface area contributed by atoms with E-state index in [0.717, 1.165) is 11.3 Å². The lowest BCUT2D eigenvalue weighted by Gasteiger charge is -2.19. The topological polar surface area (TPSA) is 74.2 Å². The van der Waals surface area contributed by atoms with Crippen molar-refractivity contribution in [2.75, 3.05) is 29.9 Å². The van der Waals surface area contributed by atoms with Gasteiger partial charge < -0.3 is 15.3 Å². The minimum Gasteiger partial charge on any atom is -0.395 e. The molecule has 0 unspecified atom stereocenters. The highest BCUT2D eigenvalue weighted by Crippen LogP contribution is 2.18. The number of nitrogens with one attached hydrogen (secondary N) is 1. The van der Waals surface area contributed by atoms with E-state index in [2.05, 4.69) is 20.3 Å². The van der Waals surface area contributed by atoms with E-state index in [9.17, 15) is 0 Å². The van der Waals surface area contributed by atoms with Crippen LogP contribution >= 0.6 is 11.6 Å². The molecule has 2 rings (SSSR count). The van der Waals surface area contributed by atoms with Gasteiger partial charge in [0.1, 0.15) is 0 Å². The molecular formula is C14H18ClN5O. The van der Waals surface area contributed by atoms with Crippen LogP contribution in [0.1, 0.15) is 12.5 Å². The van der Waals surface area contributed by atoms with E-state index in [1.807, 2.05) is 43.0 Å². The molecule has 0 saturated heterocycles. The summed E-state index contributed by atoms with van der Waals surface area (Å²) >= 11 is 5.96. The summed E-state index contributed by atoms with van der Waals surface area (Å²) in [5, 5.41) is 12.3. The van der Waals surface area contributed by atoms with Gasteiger partial charge in [0.25, 0.3) is 0 Å². The molecule has 7 heteroatoms. The van der Waals surface area contributed by atoms with Crippen LogP contribution in [0.25, 0.3) is 0 Å². The van der Waals surface area contributed by atoms with Gasteiger partial charge in [0, 0.05) is 18.8 Å². The number of aryl methyl sites for hydroxylation is 1. The quantitative estimate of drug-likeness (QED) is 0.853. The van der Waals surface area contributed by atoms with Crippen LogP contribution in [0, 0.1) is 6.92 Å². The van der Waals surface area contributed by atoms with E-state index in [1.165, 1.54) is 0 Å². The summed E-state index contributed by atoms with van der Waals surface area (Å²) < 4.78 is 0. The van der Waals surface area contributed by atoms with Crippen molar-refractivity contribution in [2.45, 2.75) is 13.8 Å². The SMILES string of the molecule is CCN(CCO)c1nc(Cl)nc(Nc2cccc(C)c2)n1. The van der Waals surface area contributed by atoms with Crippen molar-refractivity contribution in [3.63, 3.8) is 0 Å². The molecule has 112 valence electrons. The highest BCUT2D eigenvalue weighted by Gasteiger charge is 2.11. The van der Waals surface area contributed by atoms with Crippen LogP contribution in [0.15, 0.2) is 24.3 Å². The number of hydrogen-bond donors (Lipinski definition) is 2. The molecule has 21 heavy (non-hydrogen) atoms. The molecule has 2 N–H and O–H groups in total. The van der Waals surface area contributed by atoms with Crippen molar-refractivity contribution in [3.8, 4) is 0 Å². The Labute approximate surface area is 128 Å². The smallest absolute Gasteiger partial charge is 0.233 e. The minimum atomic E-state index is 0.0256. The van der Waals surface area contributed by atoms with E-state index in [1.54, 1.807) is 0 Å². The van der Waals surface area contributed by atoms with Gasteiger partial charge in [0.05, 0.1) is 6.61 Å². The van der Waals surface area contributed by atoms with Gasteiger partial charge >= 0.3 is 0 Å². The highest BCUT2D eigenvalue weighted by atomic mass is 35.5. The fourth-order valence-corrected chi connectivity index (χ4v) is 2.06. The van der Waals surface area contributed by atoms with Crippen molar-refractivity contribution in [2.24, 2.45) is 0 Å². The molecule has 0 bridgehead atoms. The summed E-state index contributed by atoms with van der Waals surface area (Å²) in [5.74, 6) is 0.827. The first kappa shape index (κ1) is 15.5. The number of aliphatic hydroxyl groups is 1. The third-order valence-electron chi connectivity index (χ3n) is 2.91. The van der Waals surface area contributed by atoms with Crippen molar-refractivity contribution in [1.82, 2.24) is 15.0 Å². The summed E-state index contributed by atoms with van der Waals surface area (Å²) in [6.07, 6.45) is 0. The molecule has 0 radical (unpaired) electrons. The predicted molar refractivity (Wildman–Crippen MR) is 84.3 cm³/mol. The van der Waals surface area contributed by atoms with Gasteiger partial charge in [-0.3, -0.25) is 0 Å². The third kappa shape index (κ3) is 4.27. The number of likely N-dealkylation sites (N-methyl/N-ethyl adjacent to an activating group) is 1. The van der Waals surface area contributed by atoms with Crippen LogP contribution < -0.4 is 10.2 Å². The summed E-state index contributed by atoms with van der Waals surface area (Å²) in [5.41, 5.74) is 2.02. The zero-order valence-electron chi connectivity index (χ0n) is 12.0. The fraction of sp³-hybridized carbons (Fsp3) is 0.357. The number of benzene rings is 1. The monoisotopic (exact) mass is 307 g/mol. The molecular weight excluding hydrogens is 290 g/mol. The molecule has 1 aromatic heterocycles. The van der Waals surface area contributed by atoms with Gasteiger partial charge in [-0.1, -0.05) is 12.1 Å². The Bertz CT molecular complexity index is 608. The highest BCUT2D eigenvalue weighted by molar-refractivity contribution is 6.28. The molecule has 2 aromatic rings. The van der Waals surface area contributed by atoms with Crippen molar-refractivity contribution in [3.05, 3.63) is 35.1 Å². The Balaban J connectivity index is 2.26. The lowest BCUT2D eigenvalue weighted by molar-refractivity contribution is 0.301. The van der Waals surface area contributed by atoms with Crippen molar-refractivity contribution >= 4 is 29.2 Å². The molecule has 0 spiro atoms. The Morgan fingerprint density at radius 3 is 2.76 bits per heavy atom. The van der Waals surface area contributed by atoms with Crippen LogP contribution in [0.4, 0.5) is 17.6 Å². The maximum absolute atomic E-state index is 9.07. The molecule has 0 aliphatic carbocycles. The van der Waals surface area contributed by atoms with E-state index in [-0.39, 0.29) is 11.9 Å². The summed E-state index contributed by atoms with van der Waals surface area (Å²) in [6, 6.07) is 7.88. The molecule has 0 atom stereocenters. The lowest BCUT2D eigenvalue weighted by Crippen LogP contribution is -2.28. The first-order valence-corrected chi connectivity index (χ1v) is 7.11. The van der Waals surface area contributed by atoms with E-state index >= 15 is 0 Å². The maximum atomic E-state index is 9.07. The van der Waals surface area contributed by atoms with Crippen LogP contribution in [-0.4, -0.2) is 39.8 Å². The second kappa shape index (κ2) is 7.19. The van der Waals surface area contributed by atoms with Crippen LogP contribution in [0.2, 0.25) is 5.28 Å². The number of nitrogens with zero attached hydrogens (tertiary/aromatic N) is 4. The maximum Gasteiger partial charge on any atom is 0.233 e. The largest absolute Gasteiger partial charge is 0.395 e. The van der Waals surface area contributed by atoms with Crippen LogP contribution in [0.3, 0.4) is 0 Å². The van der Waals surface area contributed by atoms with Crippen molar-refractivity contribution < 1.29 is 5.11 Å². The van der Waals surface area contributed by atoms with Gasteiger partial charge in [-0.2, -0.15) is 15.0 Å². The van der Waals surface area contributed by atoms with Crippen LogP contribution in [-0.2, 0) is 0 Å². The summed E-state index contributed by atoms with van der Waals surface area (Å²) in [6.45, 7) is 5.11. The molecule has 0 fully saturated rings. The average Bonchev–Trinajstić information content (AvgIpc) is 2.44. The molecule has 0 amide bonds. The lowest BCUT2D eigenvalue weighted by atomic mass is 10.2. The van der Waals surface area contributed by atoms with E-state index in [0.29, 0.717) is 25.0 Å². The van der Waals surface area contributed by atoms with E-state index in [4.69, 9.17) is 16.7 Å². The molecule has 1 aromatic carbocycles. The number of anilines is 3. The first-order chi connectivity index (χ1) is 10.1. The predicted octanol–water partition coefficient (Wildman–Crippen LogP) is 2.40. The summed E-state index contributed by atoms with van der Waals surface area (Å²) in [7, 11) is 0. The average molecular weight is 308 g/mol. The Morgan fingerprint density at radius 2 is 2.10 bits per heavy atom. The Hall–Kier alpha value is -1.92. The van der Waals surface area contributed by atoms with Gasteiger partial charge in [-0.15, -0.1) is 0 Å². The van der Waals surface area contributed by atoms with Gasteiger partial charge in [-0.05, 0) is 43.1 Å². The normalized spacial score (nSPS) is 10.5. The number of hydrogen-bond acceptors (Lipinski definition) is 6. The molecule has 0 saturated carbocycles. The first-order valence-electron chi connectivity index (χ1n) is 6.73. The zero-order chi connectivity index (χ0) is 15.2. The fourth-order valence-electron chi connectivity index (χ4n) is 1.91. The number of aliphatic hydroxyl groups excluding tert-OH is 1. The third-order valence-corrected chi connectivity index (χ3v) is 3.07.